The molecule has 2 rings (SSSR count). The zero-order valence-corrected chi connectivity index (χ0v) is 10.2. The van der Waals surface area contributed by atoms with Crippen LogP contribution in [-0.2, 0) is 0 Å². The van der Waals surface area contributed by atoms with Gasteiger partial charge in [-0.05, 0) is 48.4 Å². The highest BCUT2D eigenvalue weighted by atomic mass is 14.9. The van der Waals surface area contributed by atoms with Gasteiger partial charge in [0.1, 0.15) is 0 Å². The van der Waals surface area contributed by atoms with E-state index in [1.54, 1.807) is 0 Å². The van der Waals surface area contributed by atoms with Gasteiger partial charge in [0.05, 0.1) is 6.04 Å². The maximum Gasteiger partial charge on any atom is 0.0595 e. The van der Waals surface area contributed by atoms with Crippen LogP contribution in [0.15, 0.2) is 43.0 Å². The second kappa shape index (κ2) is 5.55. The van der Waals surface area contributed by atoms with Crippen LogP contribution < -0.4 is 5.32 Å². The first-order chi connectivity index (χ1) is 8.33. The molecule has 0 radical (unpaired) electrons. The van der Waals surface area contributed by atoms with E-state index in [0.29, 0.717) is 0 Å². The zero-order valence-electron chi connectivity index (χ0n) is 10.2. The van der Waals surface area contributed by atoms with Gasteiger partial charge >= 0.3 is 0 Å². The molecule has 3 nitrogen and oxygen atoms in total. The quantitative estimate of drug-likeness (QED) is 0.872. The van der Waals surface area contributed by atoms with Gasteiger partial charge in [0, 0.05) is 24.8 Å². The molecule has 17 heavy (non-hydrogen) atoms. The third-order valence-electron chi connectivity index (χ3n) is 2.84. The van der Waals surface area contributed by atoms with E-state index in [9.17, 15) is 0 Å². The molecule has 0 aliphatic rings. The summed E-state index contributed by atoms with van der Waals surface area (Å²) < 4.78 is 0. The molecule has 0 aromatic carbocycles. The van der Waals surface area contributed by atoms with Crippen LogP contribution >= 0.6 is 0 Å². The van der Waals surface area contributed by atoms with Gasteiger partial charge in [0.25, 0.3) is 0 Å². The minimum Gasteiger partial charge on any atom is -0.306 e. The van der Waals surface area contributed by atoms with Crippen molar-refractivity contribution in [3.63, 3.8) is 0 Å². The second-order valence-electron chi connectivity index (χ2n) is 4.00. The fourth-order valence-electron chi connectivity index (χ4n) is 1.95. The zero-order chi connectivity index (χ0) is 12.1. The summed E-state index contributed by atoms with van der Waals surface area (Å²) >= 11 is 0. The van der Waals surface area contributed by atoms with Crippen LogP contribution in [0.25, 0.3) is 0 Å². The number of nitrogens with zero attached hydrogens (tertiary/aromatic N) is 2. The average Bonchev–Trinajstić information content (AvgIpc) is 2.38. The van der Waals surface area contributed by atoms with Crippen LogP contribution in [0.5, 0.6) is 0 Å². The molecular weight excluding hydrogens is 210 g/mol. The Balaban J connectivity index is 2.39. The fraction of sp³-hybridized carbons (Fsp3) is 0.286. The summed E-state index contributed by atoms with van der Waals surface area (Å²) in [5.74, 6) is 0. The highest BCUT2D eigenvalue weighted by Gasteiger charge is 2.14. The Morgan fingerprint density at radius 1 is 1.12 bits per heavy atom. The standard InChI is InChI=1S/C14H17N3/c1-3-17-14(12-5-8-15-9-6-12)13-10-16-7-4-11(13)2/h4-10,14,17H,3H2,1-2H3. The van der Waals surface area contributed by atoms with Gasteiger partial charge in [-0.2, -0.15) is 0 Å². The van der Waals surface area contributed by atoms with E-state index in [1.165, 1.54) is 16.7 Å². The van der Waals surface area contributed by atoms with Crippen molar-refractivity contribution in [2.45, 2.75) is 19.9 Å². The molecule has 2 aromatic rings. The Morgan fingerprint density at radius 3 is 2.47 bits per heavy atom. The highest BCUT2D eigenvalue weighted by molar-refractivity contribution is 5.33. The van der Waals surface area contributed by atoms with Crippen molar-refractivity contribution in [2.75, 3.05) is 6.54 Å². The molecule has 2 heterocycles. The van der Waals surface area contributed by atoms with Gasteiger partial charge < -0.3 is 5.32 Å². The van der Waals surface area contributed by atoms with Crippen molar-refractivity contribution in [3.8, 4) is 0 Å². The summed E-state index contributed by atoms with van der Waals surface area (Å²) in [4.78, 5) is 8.28. The minimum atomic E-state index is 0.191. The molecule has 1 unspecified atom stereocenters. The van der Waals surface area contributed by atoms with E-state index >= 15 is 0 Å². The molecule has 0 aliphatic heterocycles. The molecule has 3 heteroatoms. The lowest BCUT2D eigenvalue weighted by atomic mass is 9.97. The van der Waals surface area contributed by atoms with Crippen LogP contribution in [0.1, 0.15) is 29.7 Å². The predicted molar refractivity (Wildman–Crippen MR) is 68.7 cm³/mol. The van der Waals surface area contributed by atoms with E-state index in [1.807, 2.05) is 43.0 Å². The molecule has 0 aliphatic carbocycles. The number of hydrogen-bond acceptors (Lipinski definition) is 3. The van der Waals surface area contributed by atoms with Gasteiger partial charge in [-0.3, -0.25) is 9.97 Å². The van der Waals surface area contributed by atoms with Crippen molar-refractivity contribution in [1.82, 2.24) is 15.3 Å². The van der Waals surface area contributed by atoms with Crippen molar-refractivity contribution >= 4 is 0 Å². The predicted octanol–water partition coefficient (Wildman–Crippen LogP) is 2.48. The molecule has 0 saturated heterocycles. The molecule has 0 bridgehead atoms. The van der Waals surface area contributed by atoms with Gasteiger partial charge in [-0.25, -0.2) is 0 Å². The maximum atomic E-state index is 4.22. The third kappa shape index (κ3) is 2.68. The number of nitrogens with one attached hydrogen (secondary N) is 1. The molecule has 0 fully saturated rings. The minimum absolute atomic E-state index is 0.191. The lowest BCUT2D eigenvalue weighted by molar-refractivity contribution is 0.625. The van der Waals surface area contributed by atoms with Crippen LogP contribution in [0.4, 0.5) is 0 Å². The Bertz CT molecular complexity index is 468. The van der Waals surface area contributed by atoms with Crippen LogP contribution in [0.2, 0.25) is 0 Å². The van der Waals surface area contributed by atoms with E-state index in [4.69, 9.17) is 0 Å². The van der Waals surface area contributed by atoms with E-state index in [2.05, 4.69) is 29.1 Å². The third-order valence-corrected chi connectivity index (χ3v) is 2.84. The topological polar surface area (TPSA) is 37.8 Å². The lowest BCUT2D eigenvalue weighted by Gasteiger charge is -2.20. The normalized spacial score (nSPS) is 12.4. The molecule has 0 saturated carbocycles. The molecule has 0 amide bonds. The number of pyridine rings is 2. The highest BCUT2D eigenvalue weighted by Crippen LogP contribution is 2.23. The lowest BCUT2D eigenvalue weighted by Crippen LogP contribution is -2.22. The van der Waals surface area contributed by atoms with E-state index < -0.39 is 0 Å². The molecule has 1 N–H and O–H groups in total. The Hall–Kier alpha value is -1.74. The largest absolute Gasteiger partial charge is 0.306 e. The average molecular weight is 227 g/mol. The smallest absolute Gasteiger partial charge is 0.0595 e. The number of hydrogen-bond donors (Lipinski definition) is 1. The van der Waals surface area contributed by atoms with Crippen LogP contribution in [0, 0.1) is 6.92 Å². The molecule has 2 aromatic heterocycles. The van der Waals surface area contributed by atoms with Gasteiger partial charge in [-0.1, -0.05) is 6.92 Å². The van der Waals surface area contributed by atoms with Gasteiger partial charge in [0.15, 0.2) is 0 Å². The number of aromatic nitrogens is 2. The van der Waals surface area contributed by atoms with Crippen molar-refractivity contribution in [1.29, 1.82) is 0 Å². The first kappa shape index (κ1) is 11.7. The Morgan fingerprint density at radius 2 is 1.82 bits per heavy atom. The fourth-order valence-corrected chi connectivity index (χ4v) is 1.95. The first-order valence-corrected chi connectivity index (χ1v) is 5.86. The summed E-state index contributed by atoms with van der Waals surface area (Å²) in [6.45, 7) is 5.14. The SMILES string of the molecule is CCNC(c1ccncc1)c1cnccc1C. The summed E-state index contributed by atoms with van der Waals surface area (Å²) in [6, 6.07) is 6.32. The van der Waals surface area contributed by atoms with Crippen LogP contribution in [0.3, 0.4) is 0 Å². The van der Waals surface area contributed by atoms with Gasteiger partial charge in [-0.15, -0.1) is 0 Å². The first-order valence-electron chi connectivity index (χ1n) is 5.86. The van der Waals surface area contributed by atoms with Gasteiger partial charge in [0.2, 0.25) is 0 Å². The van der Waals surface area contributed by atoms with Crippen molar-refractivity contribution < 1.29 is 0 Å². The second-order valence-corrected chi connectivity index (χ2v) is 4.00. The summed E-state index contributed by atoms with van der Waals surface area (Å²) in [7, 11) is 0. The summed E-state index contributed by atoms with van der Waals surface area (Å²) in [5.41, 5.74) is 3.70. The monoisotopic (exact) mass is 227 g/mol. The summed E-state index contributed by atoms with van der Waals surface area (Å²) in [6.07, 6.45) is 7.41. The number of rotatable bonds is 4. The Labute approximate surface area is 102 Å². The van der Waals surface area contributed by atoms with Crippen molar-refractivity contribution in [2.24, 2.45) is 0 Å². The molecule has 88 valence electrons. The van der Waals surface area contributed by atoms with E-state index in [-0.39, 0.29) is 6.04 Å². The maximum absolute atomic E-state index is 4.22. The van der Waals surface area contributed by atoms with Crippen LogP contribution in [-0.4, -0.2) is 16.5 Å². The molecular formula is C14H17N3. The number of aryl methyl sites for hydroxylation is 1. The summed E-state index contributed by atoms with van der Waals surface area (Å²) in [5, 5.41) is 3.49. The van der Waals surface area contributed by atoms with Crippen molar-refractivity contribution in [3.05, 3.63) is 59.7 Å². The molecule has 0 spiro atoms. The Kier molecular flexibility index (Phi) is 3.83. The van der Waals surface area contributed by atoms with E-state index in [0.717, 1.165) is 6.54 Å². The molecule has 1 atom stereocenters.